The van der Waals surface area contributed by atoms with Gasteiger partial charge in [-0.15, -0.1) is 0 Å². The van der Waals surface area contributed by atoms with E-state index in [1.807, 2.05) is 4.90 Å². The van der Waals surface area contributed by atoms with E-state index in [9.17, 15) is 15.0 Å². The van der Waals surface area contributed by atoms with Crippen molar-refractivity contribution < 1.29 is 15.0 Å². The van der Waals surface area contributed by atoms with Gasteiger partial charge in [-0.1, -0.05) is 34.1 Å². The quantitative estimate of drug-likeness (QED) is 0.504. The number of hydrogen-bond donors (Lipinski definition) is 3. The highest BCUT2D eigenvalue weighted by atomic mass is 16.3. The molecule has 0 bridgehead atoms. The maximum absolute atomic E-state index is 11.9. The van der Waals surface area contributed by atoms with Gasteiger partial charge in [0.2, 0.25) is 0 Å². The Morgan fingerprint density at radius 3 is 2.50 bits per heavy atom. The summed E-state index contributed by atoms with van der Waals surface area (Å²) in [6, 6.07) is 0.109. The van der Waals surface area contributed by atoms with E-state index in [1.165, 1.54) is 32.1 Å². The van der Waals surface area contributed by atoms with Gasteiger partial charge in [0, 0.05) is 19.6 Å². The molecule has 11 atom stereocenters. The van der Waals surface area contributed by atoms with Gasteiger partial charge in [0.25, 0.3) is 0 Å². The molecule has 0 aromatic carbocycles. The van der Waals surface area contributed by atoms with Gasteiger partial charge in [-0.25, -0.2) is 4.79 Å². The summed E-state index contributed by atoms with van der Waals surface area (Å²) in [5.41, 5.74) is 0.618. The van der Waals surface area contributed by atoms with E-state index in [0.717, 1.165) is 57.7 Å². The van der Waals surface area contributed by atoms with E-state index < -0.39 is 0 Å². The van der Waals surface area contributed by atoms with E-state index in [-0.39, 0.29) is 23.7 Å². The summed E-state index contributed by atoms with van der Waals surface area (Å²) in [4.78, 5) is 13.9. The van der Waals surface area contributed by atoms with Crippen molar-refractivity contribution >= 4 is 6.03 Å². The van der Waals surface area contributed by atoms with Gasteiger partial charge >= 0.3 is 6.03 Å². The fourth-order valence-corrected chi connectivity index (χ4v) is 10.5. The highest BCUT2D eigenvalue weighted by molar-refractivity contribution is 5.76. The molecule has 0 spiro atoms. The molecule has 1 saturated heterocycles. The zero-order valence-electron chi connectivity index (χ0n) is 22.1. The molecule has 1 aliphatic heterocycles. The third kappa shape index (κ3) is 3.83. The van der Waals surface area contributed by atoms with Crippen LogP contribution in [0.3, 0.4) is 0 Å². The lowest BCUT2D eigenvalue weighted by molar-refractivity contribution is -0.203. The molecular formula is C29H50N2O3. The summed E-state index contributed by atoms with van der Waals surface area (Å²) in [6.07, 6.45) is 11.1. The first kappa shape index (κ1) is 24.9. The van der Waals surface area contributed by atoms with Gasteiger partial charge in [0.15, 0.2) is 0 Å². The molecule has 4 saturated carbocycles. The summed E-state index contributed by atoms with van der Waals surface area (Å²) >= 11 is 0. The zero-order valence-corrected chi connectivity index (χ0v) is 22.1. The third-order valence-electron chi connectivity index (χ3n) is 12.2. The van der Waals surface area contributed by atoms with Crippen molar-refractivity contribution in [3.8, 4) is 0 Å². The number of aliphatic hydroxyl groups excluding tert-OH is 2. The van der Waals surface area contributed by atoms with Crippen LogP contribution in [0.5, 0.6) is 0 Å². The summed E-state index contributed by atoms with van der Waals surface area (Å²) in [7, 11) is 0. The lowest BCUT2D eigenvalue weighted by atomic mass is 9.41. The molecule has 1 heterocycles. The molecule has 4 aliphatic carbocycles. The number of rotatable bonds is 6. The van der Waals surface area contributed by atoms with Gasteiger partial charge in [0.05, 0.1) is 12.2 Å². The minimum absolute atomic E-state index is 0.109. The van der Waals surface area contributed by atoms with Crippen LogP contribution in [0.4, 0.5) is 4.79 Å². The third-order valence-corrected chi connectivity index (χ3v) is 12.2. The number of carbonyl (C=O) groups is 1. The molecule has 2 amide bonds. The van der Waals surface area contributed by atoms with Crippen molar-refractivity contribution in [2.75, 3.05) is 19.6 Å². The molecule has 5 fully saturated rings. The van der Waals surface area contributed by atoms with Crippen LogP contribution in [0.2, 0.25) is 0 Å². The van der Waals surface area contributed by atoms with Gasteiger partial charge in [-0.3, -0.25) is 0 Å². The normalized spacial score (nSPS) is 49.2. The maximum atomic E-state index is 11.9. The van der Waals surface area contributed by atoms with Crippen LogP contribution in [-0.2, 0) is 0 Å². The van der Waals surface area contributed by atoms with Crippen LogP contribution in [0.1, 0.15) is 91.9 Å². The predicted molar refractivity (Wildman–Crippen MR) is 135 cm³/mol. The van der Waals surface area contributed by atoms with E-state index in [4.69, 9.17) is 0 Å². The van der Waals surface area contributed by atoms with Crippen LogP contribution in [0.15, 0.2) is 0 Å². The fraction of sp³-hybridized carbons (Fsp3) is 0.966. The first-order valence-corrected chi connectivity index (χ1v) is 14.6. The number of hydrogen-bond acceptors (Lipinski definition) is 3. The van der Waals surface area contributed by atoms with Crippen molar-refractivity contribution in [1.29, 1.82) is 0 Å². The summed E-state index contributed by atoms with van der Waals surface area (Å²) < 4.78 is 0. The Balaban J connectivity index is 1.31. The SMILES string of the molecule is CC[C@@H]1C2C[C@H](O)CC[C@]2(C)[C@H]2CC[C@]3(C)[C@@H]([C@H](C)CCCN4CCNC4=O)CC[C@H]3[C@@H]2[C@@H]1O. The van der Waals surface area contributed by atoms with E-state index in [1.54, 1.807) is 0 Å². The smallest absolute Gasteiger partial charge is 0.317 e. The Labute approximate surface area is 207 Å². The molecule has 5 aliphatic rings. The predicted octanol–water partition coefficient (Wildman–Crippen LogP) is 5.05. The second-order valence-electron chi connectivity index (χ2n) is 13.5. The van der Waals surface area contributed by atoms with Crippen LogP contribution < -0.4 is 5.32 Å². The van der Waals surface area contributed by atoms with Gasteiger partial charge < -0.3 is 20.4 Å². The number of aliphatic hydroxyl groups is 2. The van der Waals surface area contributed by atoms with Gasteiger partial charge in [0.1, 0.15) is 0 Å². The molecule has 5 rings (SSSR count). The number of nitrogens with zero attached hydrogens (tertiary/aromatic N) is 1. The topological polar surface area (TPSA) is 72.8 Å². The molecule has 34 heavy (non-hydrogen) atoms. The Kier molecular flexibility index (Phi) is 6.76. The Morgan fingerprint density at radius 1 is 1.06 bits per heavy atom. The minimum atomic E-state index is -0.203. The zero-order chi connectivity index (χ0) is 24.3. The number of nitrogens with one attached hydrogen (secondary N) is 1. The molecule has 1 unspecified atom stereocenters. The first-order chi connectivity index (χ1) is 16.2. The van der Waals surface area contributed by atoms with Crippen molar-refractivity contribution in [3.63, 3.8) is 0 Å². The number of urea groups is 1. The summed E-state index contributed by atoms with van der Waals surface area (Å²) in [6.45, 7) is 12.4. The lowest BCUT2D eigenvalue weighted by Crippen LogP contribution is -2.62. The van der Waals surface area contributed by atoms with Crippen LogP contribution in [-0.4, -0.2) is 53.0 Å². The van der Waals surface area contributed by atoms with E-state index in [0.29, 0.717) is 40.9 Å². The molecule has 5 heteroatoms. The fourth-order valence-electron chi connectivity index (χ4n) is 10.5. The molecule has 5 nitrogen and oxygen atoms in total. The second-order valence-corrected chi connectivity index (χ2v) is 13.5. The van der Waals surface area contributed by atoms with E-state index in [2.05, 4.69) is 33.0 Å². The first-order valence-electron chi connectivity index (χ1n) is 14.6. The monoisotopic (exact) mass is 474 g/mol. The van der Waals surface area contributed by atoms with Crippen molar-refractivity contribution in [2.24, 2.45) is 52.3 Å². The largest absolute Gasteiger partial charge is 0.393 e. The van der Waals surface area contributed by atoms with Crippen LogP contribution in [0, 0.1) is 52.3 Å². The summed E-state index contributed by atoms with van der Waals surface area (Å²) in [5, 5.41) is 25.3. The average Bonchev–Trinajstić information content (AvgIpc) is 3.37. The highest BCUT2D eigenvalue weighted by Gasteiger charge is 2.64. The number of amides is 2. The van der Waals surface area contributed by atoms with Gasteiger partial charge in [-0.05, 0) is 110 Å². The van der Waals surface area contributed by atoms with Crippen molar-refractivity contribution in [1.82, 2.24) is 10.2 Å². The summed E-state index contributed by atoms with van der Waals surface area (Å²) in [5.74, 6) is 3.91. The minimum Gasteiger partial charge on any atom is -0.393 e. The molecule has 0 aromatic rings. The average molecular weight is 475 g/mol. The molecule has 3 N–H and O–H groups in total. The Hall–Kier alpha value is -0.810. The molecule has 0 radical (unpaired) electrons. The van der Waals surface area contributed by atoms with Crippen molar-refractivity contribution in [2.45, 2.75) is 104 Å². The molecule has 194 valence electrons. The molecule has 0 aromatic heterocycles. The highest BCUT2D eigenvalue weighted by Crippen LogP contribution is 2.69. The van der Waals surface area contributed by atoms with E-state index >= 15 is 0 Å². The Bertz CT molecular complexity index is 760. The number of fused-ring (bicyclic) bond motifs is 5. The maximum Gasteiger partial charge on any atom is 0.317 e. The van der Waals surface area contributed by atoms with Gasteiger partial charge in [-0.2, -0.15) is 0 Å². The Morgan fingerprint density at radius 2 is 1.79 bits per heavy atom. The van der Waals surface area contributed by atoms with Crippen LogP contribution >= 0.6 is 0 Å². The second kappa shape index (κ2) is 9.25. The number of carbonyl (C=O) groups excluding carboxylic acids is 1. The van der Waals surface area contributed by atoms with Crippen molar-refractivity contribution in [3.05, 3.63) is 0 Å². The molecular weight excluding hydrogens is 424 g/mol. The standard InChI is InChI=1S/C29H50N2O3/c1-5-20-24-17-19(32)10-12-29(24,4)23-11-13-28(3)21(8-9-22(28)25(23)26(20)33)18(2)7-6-15-31-16-14-30-27(31)34/h18-26,32-33H,5-17H2,1-4H3,(H,30,34)/t18-,19-,20-,21-,22+,23+,24?,25+,26-,28-,29-/m1/s1. The van der Waals surface area contributed by atoms with Crippen LogP contribution in [0.25, 0.3) is 0 Å². The lowest BCUT2D eigenvalue weighted by Gasteiger charge is -2.64.